The van der Waals surface area contributed by atoms with Crippen LogP contribution in [0, 0.1) is 0 Å². The first-order chi connectivity index (χ1) is 16.0. The molecule has 3 heterocycles. The van der Waals surface area contributed by atoms with Gasteiger partial charge in [-0.15, -0.1) is 0 Å². The number of hydrogen-bond acceptors (Lipinski definition) is 3. The molecule has 1 amide bonds. The number of nitrogens with one attached hydrogen (secondary N) is 1. The number of aromatic amines is 1. The largest absolute Gasteiger partial charge is 0.478 e. The summed E-state index contributed by atoms with van der Waals surface area (Å²) in [5.74, 6) is -1.30. The van der Waals surface area contributed by atoms with E-state index < -0.39 is 5.97 Å². The molecule has 2 aromatic carbocycles. The van der Waals surface area contributed by atoms with E-state index in [9.17, 15) is 14.7 Å². The number of hydrogen-bond donors (Lipinski definition) is 3. The maximum Gasteiger partial charge on any atom is 0.335 e. The fraction of sp³-hybridized carbons (Fsp3) is 0.308. The van der Waals surface area contributed by atoms with Crippen molar-refractivity contribution in [1.29, 1.82) is 0 Å². The van der Waals surface area contributed by atoms with Crippen LogP contribution in [-0.2, 0) is 13.0 Å². The van der Waals surface area contributed by atoms with Crippen LogP contribution in [0.3, 0.4) is 0 Å². The molecule has 0 spiro atoms. The number of fused-ring (bicyclic) bond motifs is 2. The first kappa shape index (κ1) is 21.1. The van der Waals surface area contributed by atoms with Crippen LogP contribution in [0.2, 0.25) is 0 Å². The summed E-state index contributed by atoms with van der Waals surface area (Å²) in [5, 5.41) is 11.3. The molecule has 0 bridgehead atoms. The summed E-state index contributed by atoms with van der Waals surface area (Å²) in [6.45, 7) is 2.72. The van der Waals surface area contributed by atoms with Crippen molar-refractivity contribution in [3.8, 4) is 0 Å². The minimum atomic E-state index is -0.914. The number of amides is 1. The van der Waals surface area contributed by atoms with E-state index in [0.29, 0.717) is 11.1 Å². The number of carboxylic acids is 1. The Morgan fingerprint density at radius 2 is 1.85 bits per heavy atom. The fourth-order valence-electron chi connectivity index (χ4n) is 5.07. The number of nitrogens with zero attached hydrogens (tertiary/aromatic N) is 2. The number of benzene rings is 2. The Hall–Kier alpha value is -3.74. The highest BCUT2D eigenvalue weighted by Gasteiger charge is 2.21. The summed E-state index contributed by atoms with van der Waals surface area (Å²) in [6, 6.07) is 11.1. The number of carboxylic acid groups (broad SMARTS) is 1. The van der Waals surface area contributed by atoms with Crippen LogP contribution in [0.25, 0.3) is 21.8 Å². The molecule has 5 rings (SSSR count). The molecule has 1 aliphatic heterocycles. The number of aromatic nitrogens is 2. The van der Waals surface area contributed by atoms with Crippen molar-refractivity contribution in [2.75, 3.05) is 18.0 Å². The third-order valence-corrected chi connectivity index (χ3v) is 6.72. The van der Waals surface area contributed by atoms with Gasteiger partial charge in [0.15, 0.2) is 0 Å². The molecule has 2 aromatic heterocycles. The molecule has 0 radical (unpaired) electrons. The zero-order valence-corrected chi connectivity index (χ0v) is 18.5. The Morgan fingerprint density at radius 1 is 1.03 bits per heavy atom. The summed E-state index contributed by atoms with van der Waals surface area (Å²) in [6.07, 6.45) is 9.28. The van der Waals surface area contributed by atoms with Gasteiger partial charge in [0.2, 0.25) is 0 Å². The van der Waals surface area contributed by atoms with E-state index in [1.165, 1.54) is 6.42 Å². The smallest absolute Gasteiger partial charge is 0.335 e. The van der Waals surface area contributed by atoms with Crippen LogP contribution in [0.1, 0.15) is 52.0 Å². The van der Waals surface area contributed by atoms with Gasteiger partial charge < -0.3 is 25.3 Å². The van der Waals surface area contributed by atoms with Crippen LogP contribution < -0.4 is 10.6 Å². The number of primary amides is 1. The van der Waals surface area contributed by atoms with Gasteiger partial charge in [0.25, 0.3) is 5.91 Å². The number of aromatic carboxylic acids is 1. The van der Waals surface area contributed by atoms with E-state index in [2.05, 4.69) is 26.7 Å². The molecule has 0 unspecified atom stereocenters. The number of carbonyl (C=O) groups excluding carboxylic acids is 1. The zero-order valence-electron chi connectivity index (χ0n) is 18.5. The predicted octanol–water partition coefficient (Wildman–Crippen LogP) is 4.54. The van der Waals surface area contributed by atoms with Gasteiger partial charge in [-0.1, -0.05) is 0 Å². The molecule has 170 valence electrons. The summed E-state index contributed by atoms with van der Waals surface area (Å²) < 4.78 is 2.23. The molecule has 4 N–H and O–H groups in total. The van der Waals surface area contributed by atoms with E-state index in [-0.39, 0.29) is 5.91 Å². The number of H-pyrrole nitrogens is 1. The van der Waals surface area contributed by atoms with E-state index in [1.54, 1.807) is 12.1 Å². The lowest BCUT2D eigenvalue weighted by molar-refractivity contribution is 0.0696. The monoisotopic (exact) mass is 444 g/mol. The van der Waals surface area contributed by atoms with Gasteiger partial charge in [0, 0.05) is 48.3 Å². The van der Waals surface area contributed by atoms with Crippen molar-refractivity contribution in [2.45, 2.75) is 38.6 Å². The van der Waals surface area contributed by atoms with Crippen molar-refractivity contribution < 1.29 is 14.7 Å². The number of rotatable bonds is 7. The molecular formula is C26H28N4O3. The third kappa shape index (κ3) is 3.95. The van der Waals surface area contributed by atoms with Crippen molar-refractivity contribution in [3.63, 3.8) is 0 Å². The summed E-state index contributed by atoms with van der Waals surface area (Å²) in [7, 11) is 0. The second-order valence-corrected chi connectivity index (χ2v) is 8.80. The lowest BCUT2D eigenvalue weighted by Gasteiger charge is -2.30. The fourth-order valence-corrected chi connectivity index (χ4v) is 5.07. The van der Waals surface area contributed by atoms with Gasteiger partial charge in [-0.05, 0) is 74.1 Å². The van der Waals surface area contributed by atoms with Gasteiger partial charge in [-0.3, -0.25) is 4.79 Å². The third-order valence-electron chi connectivity index (χ3n) is 6.72. The van der Waals surface area contributed by atoms with E-state index in [4.69, 9.17) is 5.73 Å². The molecule has 0 aliphatic carbocycles. The number of anilines is 1. The molecule has 1 aliphatic rings. The topological polar surface area (TPSA) is 104 Å². The highest BCUT2D eigenvalue weighted by atomic mass is 16.4. The average molecular weight is 445 g/mol. The molecule has 1 saturated heterocycles. The van der Waals surface area contributed by atoms with E-state index >= 15 is 0 Å². The maximum absolute atomic E-state index is 12.1. The maximum atomic E-state index is 12.1. The molecule has 1 fully saturated rings. The van der Waals surface area contributed by atoms with Crippen molar-refractivity contribution in [1.82, 2.24) is 9.55 Å². The molecule has 7 heteroatoms. The van der Waals surface area contributed by atoms with E-state index in [0.717, 1.165) is 78.4 Å². The summed E-state index contributed by atoms with van der Waals surface area (Å²) >= 11 is 0. The first-order valence-corrected chi connectivity index (χ1v) is 11.5. The Labute approximate surface area is 191 Å². The minimum Gasteiger partial charge on any atom is -0.478 e. The van der Waals surface area contributed by atoms with Crippen molar-refractivity contribution in [3.05, 3.63) is 65.5 Å². The number of aryl methyl sites for hydroxylation is 2. The van der Waals surface area contributed by atoms with Crippen molar-refractivity contribution >= 4 is 39.4 Å². The number of nitrogens with two attached hydrogens (primary N) is 1. The van der Waals surface area contributed by atoms with Gasteiger partial charge in [-0.25, -0.2) is 4.79 Å². The normalized spacial score (nSPS) is 14.2. The predicted molar refractivity (Wildman–Crippen MR) is 130 cm³/mol. The van der Waals surface area contributed by atoms with Crippen LogP contribution in [-0.4, -0.2) is 39.6 Å². The molecular weight excluding hydrogens is 416 g/mol. The SMILES string of the molecule is NC(=O)c1ccc2c(ccn2CCCc2c[nH]c3ccc(C(=O)O)cc23)c1N1CCCCC1. The lowest BCUT2D eigenvalue weighted by Crippen LogP contribution is -2.31. The zero-order chi connectivity index (χ0) is 22.9. The van der Waals surface area contributed by atoms with Crippen LogP contribution in [0.15, 0.2) is 48.8 Å². The Balaban J connectivity index is 1.39. The molecule has 33 heavy (non-hydrogen) atoms. The van der Waals surface area contributed by atoms with Crippen molar-refractivity contribution in [2.24, 2.45) is 5.73 Å². The standard InChI is InChI=1S/C26H28N4O3/c27-25(31)20-7-9-23-19(24(20)30-11-2-1-3-12-30)10-14-29(23)13-4-5-18-16-28-22-8-6-17(26(32)33)15-21(18)22/h6-10,14-16,28H,1-5,11-13H2,(H2,27,31)(H,32,33). The molecule has 0 saturated carbocycles. The van der Waals surface area contributed by atoms with Gasteiger partial charge in [0.1, 0.15) is 0 Å². The summed E-state index contributed by atoms with van der Waals surface area (Å²) in [4.78, 5) is 29.0. The highest BCUT2D eigenvalue weighted by molar-refractivity contribution is 6.07. The quantitative estimate of drug-likeness (QED) is 0.389. The van der Waals surface area contributed by atoms with Gasteiger partial charge in [-0.2, -0.15) is 0 Å². The Morgan fingerprint density at radius 3 is 2.61 bits per heavy atom. The second-order valence-electron chi connectivity index (χ2n) is 8.80. The Bertz CT molecular complexity index is 1340. The van der Waals surface area contributed by atoms with Crippen LogP contribution in [0.4, 0.5) is 5.69 Å². The first-order valence-electron chi connectivity index (χ1n) is 11.5. The number of piperidine rings is 1. The average Bonchev–Trinajstić information content (AvgIpc) is 3.42. The molecule has 7 nitrogen and oxygen atoms in total. The molecule has 4 aromatic rings. The number of carbonyl (C=O) groups is 2. The summed E-state index contributed by atoms with van der Waals surface area (Å²) in [5.41, 5.74) is 10.8. The minimum absolute atomic E-state index is 0.301. The van der Waals surface area contributed by atoms with E-state index in [1.807, 2.05) is 24.4 Å². The van der Waals surface area contributed by atoms with Gasteiger partial charge >= 0.3 is 5.97 Å². The van der Waals surface area contributed by atoms with Crippen LogP contribution >= 0.6 is 0 Å². The van der Waals surface area contributed by atoms with Crippen LogP contribution in [0.5, 0.6) is 0 Å². The second kappa shape index (κ2) is 8.65. The Kier molecular flexibility index (Phi) is 5.54. The molecule has 0 atom stereocenters. The highest BCUT2D eigenvalue weighted by Crippen LogP contribution is 2.34. The lowest BCUT2D eigenvalue weighted by atomic mass is 10.0. The van der Waals surface area contributed by atoms with Gasteiger partial charge in [0.05, 0.1) is 22.3 Å².